The van der Waals surface area contributed by atoms with Crippen LogP contribution in [0.2, 0.25) is 0 Å². The van der Waals surface area contributed by atoms with Crippen molar-refractivity contribution in [1.82, 2.24) is 25.3 Å². The molecule has 0 saturated carbocycles. The van der Waals surface area contributed by atoms with Gasteiger partial charge >= 0.3 is 0 Å². The number of carbonyl (C=O) groups excluding carboxylic acids is 2. The third-order valence-electron chi connectivity index (χ3n) is 6.16. The molecule has 2 heterocycles. The van der Waals surface area contributed by atoms with Crippen molar-refractivity contribution in [3.63, 3.8) is 0 Å². The number of pyridine rings is 1. The summed E-state index contributed by atoms with van der Waals surface area (Å²) in [6.07, 6.45) is 4.84. The van der Waals surface area contributed by atoms with Crippen LogP contribution in [0.3, 0.4) is 0 Å². The minimum Gasteiger partial charge on any atom is -0.354 e. The molecular weight excluding hydrogens is 452 g/mol. The van der Waals surface area contributed by atoms with Crippen LogP contribution in [-0.2, 0) is 22.6 Å². The summed E-state index contributed by atoms with van der Waals surface area (Å²) < 4.78 is 1.58. The van der Waals surface area contributed by atoms with Gasteiger partial charge in [-0.1, -0.05) is 56.3 Å². The van der Waals surface area contributed by atoms with Crippen molar-refractivity contribution in [1.29, 1.82) is 0 Å². The first-order valence-electron chi connectivity index (χ1n) is 12.4. The van der Waals surface area contributed by atoms with Crippen molar-refractivity contribution in [3.8, 4) is 0 Å². The fraction of sp³-hybridized carbons (Fsp3) is 0.321. The highest BCUT2D eigenvalue weighted by molar-refractivity contribution is 6.02. The molecular formula is C28H32N6O2. The van der Waals surface area contributed by atoms with E-state index in [0.717, 1.165) is 17.5 Å². The molecule has 4 rings (SSSR count). The van der Waals surface area contributed by atoms with Crippen molar-refractivity contribution >= 4 is 28.5 Å². The number of amides is 2. The second-order valence-corrected chi connectivity index (χ2v) is 9.14. The summed E-state index contributed by atoms with van der Waals surface area (Å²) in [7, 11) is 0. The number of anilines is 1. The molecule has 1 atom stereocenters. The Balaban J connectivity index is 1.78. The first kappa shape index (κ1) is 25.0. The summed E-state index contributed by atoms with van der Waals surface area (Å²) in [5, 5.41) is 11.5. The van der Waals surface area contributed by atoms with E-state index in [0.29, 0.717) is 35.7 Å². The monoisotopic (exact) mass is 484 g/mol. The second kappa shape index (κ2) is 11.6. The Hall–Kier alpha value is -4.07. The number of carbonyl (C=O) groups is 2. The highest BCUT2D eigenvalue weighted by Gasteiger charge is 2.34. The van der Waals surface area contributed by atoms with Crippen molar-refractivity contribution < 1.29 is 9.59 Å². The Labute approximate surface area is 211 Å². The highest BCUT2D eigenvalue weighted by Crippen LogP contribution is 2.31. The van der Waals surface area contributed by atoms with E-state index in [9.17, 15) is 9.59 Å². The maximum Gasteiger partial charge on any atom is 0.249 e. The number of aromatic nitrogens is 4. The van der Waals surface area contributed by atoms with E-state index < -0.39 is 6.04 Å². The average molecular weight is 485 g/mol. The van der Waals surface area contributed by atoms with Crippen molar-refractivity contribution in [2.24, 2.45) is 5.92 Å². The predicted octanol–water partition coefficient (Wildman–Crippen LogP) is 4.33. The Morgan fingerprint density at radius 3 is 2.47 bits per heavy atom. The maximum absolute atomic E-state index is 14.1. The minimum absolute atomic E-state index is 0.0561. The Morgan fingerprint density at radius 1 is 1.00 bits per heavy atom. The SMILES string of the molecule is CCc1ccccc1N(C(=O)Cn1nnc2ccccc21)[C@H](C(=O)NCCC(C)C)c1ccncc1. The smallest absolute Gasteiger partial charge is 0.249 e. The van der Waals surface area contributed by atoms with Crippen LogP contribution in [0.15, 0.2) is 73.1 Å². The normalized spacial score (nSPS) is 12.0. The molecule has 0 saturated heterocycles. The number of hydrogen-bond donors (Lipinski definition) is 1. The van der Waals surface area contributed by atoms with Gasteiger partial charge in [0.15, 0.2) is 0 Å². The summed E-state index contributed by atoms with van der Waals surface area (Å²) in [5.74, 6) is -0.0410. The van der Waals surface area contributed by atoms with E-state index in [1.807, 2.05) is 55.5 Å². The average Bonchev–Trinajstić information content (AvgIpc) is 3.30. The molecule has 2 aromatic carbocycles. The van der Waals surface area contributed by atoms with Gasteiger partial charge in [0.2, 0.25) is 11.8 Å². The summed E-state index contributed by atoms with van der Waals surface area (Å²) in [6.45, 7) is 6.74. The lowest BCUT2D eigenvalue weighted by atomic mass is 10.0. The zero-order valence-corrected chi connectivity index (χ0v) is 21.0. The fourth-order valence-corrected chi connectivity index (χ4v) is 4.24. The van der Waals surface area contributed by atoms with Gasteiger partial charge < -0.3 is 5.32 Å². The number of hydrogen-bond acceptors (Lipinski definition) is 5. The lowest BCUT2D eigenvalue weighted by molar-refractivity contribution is -0.127. The van der Waals surface area contributed by atoms with E-state index in [-0.39, 0.29) is 18.4 Å². The molecule has 8 heteroatoms. The Kier molecular flexibility index (Phi) is 8.05. The van der Waals surface area contributed by atoms with Gasteiger partial charge in [-0.15, -0.1) is 5.10 Å². The first-order valence-corrected chi connectivity index (χ1v) is 12.4. The molecule has 0 unspecified atom stereocenters. The van der Waals surface area contributed by atoms with Crippen LogP contribution in [0.1, 0.15) is 44.4 Å². The van der Waals surface area contributed by atoms with Crippen LogP contribution in [0.4, 0.5) is 5.69 Å². The maximum atomic E-state index is 14.1. The lowest BCUT2D eigenvalue weighted by Gasteiger charge is -2.33. The molecule has 0 aliphatic carbocycles. The number of aryl methyl sites for hydroxylation is 1. The molecule has 4 aromatic rings. The standard InChI is InChI=1S/C28H32N6O2/c1-4-21-9-5-7-11-24(21)34(26(35)19-33-25-12-8-6-10-23(25)31-32-33)27(22-14-16-29-17-15-22)28(36)30-18-13-20(2)3/h5-12,14-17,20,27H,4,13,18-19H2,1-3H3,(H,30,36)/t27-/m0/s1. The summed E-state index contributed by atoms with van der Waals surface area (Å²) in [4.78, 5) is 33.5. The molecule has 0 bridgehead atoms. The minimum atomic E-state index is -0.866. The van der Waals surface area contributed by atoms with Gasteiger partial charge in [-0.25, -0.2) is 4.68 Å². The molecule has 0 radical (unpaired) electrons. The van der Waals surface area contributed by atoms with Crippen LogP contribution < -0.4 is 10.2 Å². The van der Waals surface area contributed by atoms with Gasteiger partial charge in [-0.3, -0.25) is 19.5 Å². The van der Waals surface area contributed by atoms with E-state index >= 15 is 0 Å². The quantitative estimate of drug-likeness (QED) is 0.362. The molecule has 8 nitrogen and oxygen atoms in total. The molecule has 2 aromatic heterocycles. The summed E-state index contributed by atoms with van der Waals surface area (Å²) in [5.41, 5.74) is 3.84. The zero-order chi connectivity index (χ0) is 25.5. The van der Waals surface area contributed by atoms with E-state index in [1.54, 1.807) is 34.1 Å². The molecule has 0 aliphatic rings. The zero-order valence-electron chi connectivity index (χ0n) is 21.0. The molecule has 0 aliphatic heterocycles. The van der Waals surface area contributed by atoms with Gasteiger partial charge in [0.05, 0.1) is 5.52 Å². The van der Waals surface area contributed by atoms with Crippen molar-refractivity contribution in [2.75, 3.05) is 11.4 Å². The van der Waals surface area contributed by atoms with Crippen LogP contribution in [0.5, 0.6) is 0 Å². The fourth-order valence-electron chi connectivity index (χ4n) is 4.24. The molecule has 0 spiro atoms. The topological polar surface area (TPSA) is 93.0 Å². The van der Waals surface area contributed by atoms with Crippen LogP contribution >= 0.6 is 0 Å². The summed E-state index contributed by atoms with van der Waals surface area (Å²) >= 11 is 0. The number of fused-ring (bicyclic) bond motifs is 1. The number of para-hydroxylation sites is 2. The van der Waals surface area contributed by atoms with Gasteiger partial charge in [-0.2, -0.15) is 0 Å². The molecule has 186 valence electrons. The van der Waals surface area contributed by atoms with Gasteiger partial charge in [0.25, 0.3) is 0 Å². The van der Waals surface area contributed by atoms with Crippen molar-refractivity contribution in [2.45, 2.75) is 46.2 Å². The summed E-state index contributed by atoms with van der Waals surface area (Å²) in [6, 6.07) is 17.9. The molecule has 2 amide bonds. The third-order valence-corrected chi connectivity index (χ3v) is 6.16. The number of benzene rings is 2. The number of nitrogens with zero attached hydrogens (tertiary/aromatic N) is 5. The van der Waals surface area contributed by atoms with E-state index in [4.69, 9.17) is 0 Å². The second-order valence-electron chi connectivity index (χ2n) is 9.14. The van der Waals surface area contributed by atoms with Gasteiger partial charge in [0, 0.05) is 24.6 Å². The van der Waals surface area contributed by atoms with Crippen LogP contribution in [0.25, 0.3) is 11.0 Å². The van der Waals surface area contributed by atoms with Gasteiger partial charge in [-0.05, 0) is 60.2 Å². The predicted molar refractivity (Wildman–Crippen MR) is 140 cm³/mol. The first-order chi connectivity index (χ1) is 17.5. The highest BCUT2D eigenvalue weighted by atomic mass is 16.2. The van der Waals surface area contributed by atoms with Gasteiger partial charge in [0.1, 0.15) is 18.1 Å². The van der Waals surface area contributed by atoms with Crippen molar-refractivity contribution in [3.05, 3.63) is 84.2 Å². The Bertz CT molecular complexity index is 1320. The molecule has 1 N–H and O–H groups in total. The van der Waals surface area contributed by atoms with Crippen LogP contribution in [-0.4, -0.2) is 38.3 Å². The Morgan fingerprint density at radius 2 is 1.72 bits per heavy atom. The molecule has 36 heavy (non-hydrogen) atoms. The number of rotatable bonds is 10. The number of nitrogens with one attached hydrogen (secondary N) is 1. The van der Waals surface area contributed by atoms with E-state index in [1.165, 1.54) is 0 Å². The third kappa shape index (κ3) is 5.59. The molecule has 0 fully saturated rings. The van der Waals surface area contributed by atoms with Crippen LogP contribution in [0, 0.1) is 5.92 Å². The largest absolute Gasteiger partial charge is 0.354 e. The lowest BCUT2D eigenvalue weighted by Crippen LogP contribution is -2.46. The van der Waals surface area contributed by atoms with E-state index in [2.05, 4.69) is 34.5 Å².